The molecule has 1 N–H and O–H groups in total. The van der Waals surface area contributed by atoms with Gasteiger partial charge in [0.15, 0.2) is 0 Å². The van der Waals surface area contributed by atoms with Crippen LogP contribution in [0.4, 0.5) is 4.79 Å². The largest absolute Gasteiger partial charge is 0.480 e. The molecule has 0 aromatic heterocycles. The van der Waals surface area contributed by atoms with Gasteiger partial charge in [0.25, 0.3) is 0 Å². The van der Waals surface area contributed by atoms with E-state index in [9.17, 15) is 19.5 Å². The standard InChI is InChI=1S/C15H26N2O5/c1-9(2)11(13(19)20)17-8-7-10(12(17)18)16(6)14(21)22-15(3,4)5/h9-11H,7-8H2,1-6H3,(H,19,20)/t10-,11-/m0/s1. The molecular weight excluding hydrogens is 288 g/mol. The number of rotatable bonds is 4. The maximum absolute atomic E-state index is 12.5. The van der Waals surface area contributed by atoms with Crippen LogP contribution in [0, 0.1) is 5.92 Å². The molecule has 1 heterocycles. The molecule has 0 aromatic rings. The lowest BCUT2D eigenvalue weighted by atomic mass is 10.0. The number of carbonyl (C=O) groups is 3. The molecule has 1 aliphatic rings. The van der Waals surface area contributed by atoms with Crippen molar-refractivity contribution >= 4 is 18.0 Å². The Hall–Kier alpha value is -1.79. The van der Waals surface area contributed by atoms with Gasteiger partial charge >= 0.3 is 12.1 Å². The lowest BCUT2D eigenvalue weighted by molar-refractivity contribution is -0.151. The van der Waals surface area contributed by atoms with E-state index in [4.69, 9.17) is 4.74 Å². The fourth-order valence-electron chi connectivity index (χ4n) is 2.56. The van der Waals surface area contributed by atoms with Gasteiger partial charge in [-0.15, -0.1) is 0 Å². The van der Waals surface area contributed by atoms with Crippen LogP contribution in [0.2, 0.25) is 0 Å². The molecule has 0 spiro atoms. The van der Waals surface area contributed by atoms with E-state index < -0.39 is 29.7 Å². The Bertz CT molecular complexity index is 455. The molecule has 0 aromatic carbocycles. The summed E-state index contributed by atoms with van der Waals surface area (Å²) in [5.74, 6) is -1.56. The summed E-state index contributed by atoms with van der Waals surface area (Å²) in [6.07, 6.45) is -0.172. The monoisotopic (exact) mass is 314 g/mol. The minimum Gasteiger partial charge on any atom is -0.480 e. The van der Waals surface area contributed by atoms with Crippen molar-refractivity contribution < 1.29 is 24.2 Å². The lowest BCUT2D eigenvalue weighted by Gasteiger charge is -2.30. The van der Waals surface area contributed by atoms with E-state index in [0.717, 1.165) is 0 Å². The second-order valence-electron chi connectivity index (χ2n) is 6.95. The smallest absolute Gasteiger partial charge is 0.410 e. The van der Waals surface area contributed by atoms with Crippen LogP contribution in [0.5, 0.6) is 0 Å². The fourth-order valence-corrected chi connectivity index (χ4v) is 2.56. The first-order valence-electron chi connectivity index (χ1n) is 7.44. The summed E-state index contributed by atoms with van der Waals surface area (Å²) < 4.78 is 5.25. The van der Waals surface area contributed by atoms with Gasteiger partial charge in [-0.3, -0.25) is 9.69 Å². The van der Waals surface area contributed by atoms with Gasteiger partial charge in [-0.2, -0.15) is 0 Å². The highest BCUT2D eigenvalue weighted by molar-refractivity contribution is 5.91. The number of hydrogen-bond donors (Lipinski definition) is 1. The maximum Gasteiger partial charge on any atom is 0.410 e. The normalized spacial score (nSPS) is 20.2. The molecule has 0 bridgehead atoms. The molecule has 7 nitrogen and oxygen atoms in total. The maximum atomic E-state index is 12.5. The van der Waals surface area contributed by atoms with Crippen molar-refractivity contribution in [2.45, 2.75) is 58.7 Å². The summed E-state index contributed by atoms with van der Waals surface area (Å²) >= 11 is 0. The van der Waals surface area contributed by atoms with Crippen LogP contribution in [0.25, 0.3) is 0 Å². The molecule has 2 atom stereocenters. The molecule has 0 aliphatic carbocycles. The molecule has 1 fully saturated rings. The molecule has 1 aliphatic heterocycles. The van der Waals surface area contributed by atoms with Crippen molar-refractivity contribution in [3.8, 4) is 0 Å². The van der Waals surface area contributed by atoms with Crippen molar-refractivity contribution in [2.75, 3.05) is 13.6 Å². The summed E-state index contributed by atoms with van der Waals surface area (Å²) in [5, 5.41) is 9.31. The van der Waals surface area contributed by atoms with E-state index in [0.29, 0.717) is 13.0 Å². The Morgan fingerprint density at radius 2 is 1.91 bits per heavy atom. The van der Waals surface area contributed by atoms with Gasteiger partial charge in [0, 0.05) is 13.6 Å². The number of carboxylic acid groups (broad SMARTS) is 1. The number of amides is 2. The minimum atomic E-state index is -1.02. The number of nitrogens with zero attached hydrogens (tertiary/aromatic N) is 2. The third-order valence-corrected chi connectivity index (χ3v) is 3.58. The number of carbonyl (C=O) groups excluding carboxylic acids is 2. The number of aliphatic carboxylic acids is 1. The number of hydrogen-bond acceptors (Lipinski definition) is 4. The van der Waals surface area contributed by atoms with E-state index in [2.05, 4.69) is 0 Å². The SMILES string of the molecule is CC(C)[C@@H](C(=O)O)N1CC[C@H](N(C)C(=O)OC(C)(C)C)C1=O. The molecule has 1 rings (SSSR count). The Balaban J connectivity index is 2.83. The highest BCUT2D eigenvalue weighted by Gasteiger charge is 2.43. The van der Waals surface area contributed by atoms with Crippen molar-refractivity contribution in [1.29, 1.82) is 0 Å². The number of carboxylic acids is 1. The van der Waals surface area contributed by atoms with E-state index in [-0.39, 0.29) is 11.8 Å². The van der Waals surface area contributed by atoms with Crippen molar-refractivity contribution in [1.82, 2.24) is 9.80 Å². The Labute approximate surface area is 131 Å². The van der Waals surface area contributed by atoms with Crippen LogP contribution < -0.4 is 0 Å². The number of ether oxygens (including phenoxy) is 1. The zero-order valence-corrected chi connectivity index (χ0v) is 14.1. The van der Waals surface area contributed by atoms with Gasteiger partial charge in [0.2, 0.25) is 5.91 Å². The number of likely N-dealkylation sites (tertiary alicyclic amines) is 1. The fraction of sp³-hybridized carbons (Fsp3) is 0.800. The third-order valence-electron chi connectivity index (χ3n) is 3.58. The molecule has 7 heteroatoms. The van der Waals surface area contributed by atoms with Crippen molar-refractivity contribution in [3.63, 3.8) is 0 Å². The first kappa shape index (κ1) is 18.3. The van der Waals surface area contributed by atoms with Crippen molar-refractivity contribution in [2.24, 2.45) is 5.92 Å². The molecule has 0 radical (unpaired) electrons. The van der Waals surface area contributed by atoms with E-state index in [1.54, 1.807) is 34.6 Å². The third kappa shape index (κ3) is 4.11. The summed E-state index contributed by atoms with van der Waals surface area (Å²) in [7, 11) is 1.51. The van der Waals surface area contributed by atoms with Gasteiger partial charge in [-0.1, -0.05) is 13.8 Å². The van der Waals surface area contributed by atoms with Crippen LogP contribution in [0.3, 0.4) is 0 Å². The van der Waals surface area contributed by atoms with Crippen molar-refractivity contribution in [3.05, 3.63) is 0 Å². The highest BCUT2D eigenvalue weighted by atomic mass is 16.6. The van der Waals surface area contributed by atoms with E-state index >= 15 is 0 Å². The quantitative estimate of drug-likeness (QED) is 0.851. The molecule has 0 unspecified atom stereocenters. The average Bonchev–Trinajstić information content (AvgIpc) is 2.67. The van der Waals surface area contributed by atoms with Gasteiger partial charge in [-0.05, 0) is 33.1 Å². The van der Waals surface area contributed by atoms with Crippen LogP contribution in [-0.2, 0) is 14.3 Å². The summed E-state index contributed by atoms with van der Waals surface area (Å²) in [6.45, 7) is 9.10. The number of likely N-dealkylation sites (N-methyl/N-ethyl adjacent to an activating group) is 1. The van der Waals surface area contributed by atoms with Crippen LogP contribution in [-0.4, -0.2) is 64.2 Å². The van der Waals surface area contributed by atoms with E-state index in [1.807, 2.05) is 0 Å². The summed E-state index contributed by atoms with van der Waals surface area (Å²) in [5.41, 5.74) is -0.645. The molecule has 22 heavy (non-hydrogen) atoms. The molecule has 0 saturated carbocycles. The van der Waals surface area contributed by atoms with Crippen LogP contribution in [0.1, 0.15) is 41.0 Å². The highest BCUT2D eigenvalue weighted by Crippen LogP contribution is 2.23. The Morgan fingerprint density at radius 1 is 1.36 bits per heavy atom. The summed E-state index contributed by atoms with van der Waals surface area (Å²) in [4.78, 5) is 38.5. The van der Waals surface area contributed by atoms with Gasteiger partial charge in [-0.25, -0.2) is 9.59 Å². The minimum absolute atomic E-state index is 0.202. The first-order valence-corrected chi connectivity index (χ1v) is 7.44. The van der Waals surface area contributed by atoms with E-state index in [1.165, 1.54) is 16.8 Å². The Kier molecular flexibility index (Phi) is 5.43. The Morgan fingerprint density at radius 3 is 2.32 bits per heavy atom. The van der Waals surface area contributed by atoms with Gasteiger partial charge < -0.3 is 14.7 Å². The first-order chi connectivity index (χ1) is 9.95. The second-order valence-corrected chi connectivity index (χ2v) is 6.95. The predicted molar refractivity (Wildman–Crippen MR) is 80.4 cm³/mol. The average molecular weight is 314 g/mol. The van der Waals surface area contributed by atoms with Gasteiger partial charge in [0.1, 0.15) is 17.7 Å². The zero-order valence-electron chi connectivity index (χ0n) is 14.1. The predicted octanol–water partition coefficient (Wildman–Crippen LogP) is 1.56. The zero-order chi connectivity index (χ0) is 17.2. The molecular formula is C15H26N2O5. The topological polar surface area (TPSA) is 87.2 Å². The van der Waals surface area contributed by atoms with Gasteiger partial charge in [0.05, 0.1) is 0 Å². The summed E-state index contributed by atoms with van der Waals surface area (Å²) in [6, 6.07) is -1.54. The van der Waals surface area contributed by atoms with Crippen LogP contribution >= 0.6 is 0 Å². The molecule has 2 amide bonds. The second kappa shape index (κ2) is 6.54. The lowest BCUT2D eigenvalue weighted by Crippen LogP contribution is -2.50. The van der Waals surface area contributed by atoms with Crippen LogP contribution in [0.15, 0.2) is 0 Å². The molecule has 1 saturated heterocycles. The molecule has 126 valence electrons.